The highest BCUT2D eigenvalue weighted by Gasteiger charge is 2.44. The number of anilines is 1. The number of carbonyl (C=O) groups is 3. The van der Waals surface area contributed by atoms with Crippen molar-refractivity contribution in [2.24, 2.45) is 7.05 Å². The molecule has 0 bridgehead atoms. The molecule has 10 nitrogen and oxygen atoms in total. The number of nitrogens with one attached hydrogen (secondary N) is 3. The Kier molecular flexibility index (Phi) is 5.76. The SMILES string of the molecule is Cc1c(C(=O)C(=O)NC2(c3cn[nH]c3)COC2)c(C)n(C)c1C(=O)Nc1ccc(F)c(C#N)c1. The molecule has 3 N–H and O–H groups in total. The number of nitriles is 1. The second-order valence-electron chi connectivity index (χ2n) is 8.10. The van der Waals surface area contributed by atoms with Crippen molar-refractivity contribution in [1.82, 2.24) is 20.1 Å². The highest BCUT2D eigenvalue weighted by molar-refractivity contribution is 6.43. The molecule has 11 heteroatoms. The van der Waals surface area contributed by atoms with Crippen LogP contribution in [-0.4, -0.2) is 45.6 Å². The summed E-state index contributed by atoms with van der Waals surface area (Å²) in [6.45, 7) is 3.61. The fourth-order valence-corrected chi connectivity index (χ4v) is 4.03. The molecule has 2 amide bonds. The third kappa shape index (κ3) is 3.74. The molecule has 0 saturated carbocycles. The van der Waals surface area contributed by atoms with Gasteiger partial charge in [-0.05, 0) is 37.6 Å². The molecule has 0 spiro atoms. The van der Waals surface area contributed by atoms with E-state index in [9.17, 15) is 18.8 Å². The van der Waals surface area contributed by atoms with E-state index in [0.717, 1.165) is 6.07 Å². The van der Waals surface area contributed by atoms with Crippen molar-refractivity contribution in [1.29, 1.82) is 5.26 Å². The Balaban J connectivity index is 1.59. The number of amides is 2. The Hall–Kier alpha value is -4.30. The number of aromatic nitrogens is 3. The van der Waals surface area contributed by atoms with Crippen molar-refractivity contribution < 1.29 is 23.5 Å². The van der Waals surface area contributed by atoms with Gasteiger partial charge in [-0.2, -0.15) is 10.4 Å². The number of carbonyl (C=O) groups excluding carboxylic acids is 3. The van der Waals surface area contributed by atoms with E-state index in [1.165, 1.54) is 16.7 Å². The van der Waals surface area contributed by atoms with E-state index in [4.69, 9.17) is 10.00 Å². The van der Waals surface area contributed by atoms with Crippen molar-refractivity contribution in [3.05, 3.63) is 70.1 Å². The summed E-state index contributed by atoms with van der Waals surface area (Å²) in [5.74, 6) is -2.88. The van der Waals surface area contributed by atoms with Crippen LogP contribution >= 0.6 is 0 Å². The standard InChI is InChI=1S/C23H21FN6O4/c1-12-18(20(31)22(33)29-23(10-34-11-23)15-8-26-27-9-15)13(2)30(3)19(12)21(32)28-16-4-5-17(24)14(6-16)7-25/h4-6,8-9H,10-11H2,1-3H3,(H,26,27)(H,28,32)(H,29,33). The number of Topliss-reactive ketones (excluding diaryl/α,β-unsaturated/α-hetero) is 1. The molecule has 1 fully saturated rings. The number of ether oxygens (including phenoxy) is 1. The molecule has 0 aliphatic carbocycles. The maximum Gasteiger partial charge on any atom is 0.293 e. The van der Waals surface area contributed by atoms with Crippen molar-refractivity contribution in [2.45, 2.75) is 19.4 Å². The molecule has 1 saturated heterocycles. The van der Waals surface area contributed by atoms with Gasteiger partial charge < -0.3 is 19.9 Å². The Morgan fingerprint density at radius 2 is 2.03 bits per heavy atom. The van der Waals surface area contributed by atoms with Gasteiger partial charge in [0.05, 0.1) is 30.5 Å². The lowest BCUT2D eigenvalue weighted by molar-refractivity contribution is -0.129. The highest BCUT2D eigenvalue weighted by atomic mass is 19.1. The Bertz CT molecular complexity index is 1350. The topological polar surface area (TPSA) is 142 Å². The van der Waals surface area contributed by atoms with E-state index < -0.39 is 29.0 Å². The number of ketones is 1. The Morgan fingerprint density at radius 1 is 1.29 bits per heavy atom. The van der Waals surface area contributed by atoms with Gasteiger partial charge in [0.1, 0.15) is 23.1 Å². The van der Waals surface area contributed by atoms with Crippen LogP contribution in [0.4, 0.5) is 10.1 Å². The predicted octanol–water partition coefficient (Wildman–Crippen LogP) is 1.85. The number of halogens is 1. The molecule has 3 aromatic rings. The molecule has 0 unspecified atom stereocenters. The monoisotopic (exact) mass is 464 g/mol. The van der Waals surface area contributed by atoms with E-state index in [2.05, 4.69) is 20.8 Å². The van der Waals surface area contributed by atoms with Crippen LogP contribution in [0.1, 0.15) is 43.2 Å². The number of benzene rings is 1. The second kappa shape index (κ2) is 8.57. The molecule has 4 rings (SSSR count). The quantitative estimate of drug-likeness (QED) is 0.375. The molecule has 2 aromatic heterocycles. The van der Waals surface area contributed by atoms with Gasteiger partial charge in [-0.15, -0.1) is 0 Å². The smallest absolute Gasteiger partial charge is 0.293 e. The van der Waals surface area contributed by atoms with Crippen LogP contribution in [0.2, 0.25) is 0 Å². The van der Waals surface area contributed by atoms with Gasteiger partial charge in [0.2, 0.25) is 0 Å². The van der Waals surface area contributed by atoms with Crippen molar-refractivity contribution >= 4 is 23.3 Å². The zero-order valence-corrected chi connectivity index (χ0v) is 18.7. The molecule has 1 aromatic carbocycles. The van der Waals surface area contributed by atoms with E-state index in [1.54, 1.807) is 39.4 Å². The average molecular weight is 464 g/mol. The van der Waals surface area contributed by atoms with Crippen LogP contribution in [0.5, 0.6) is 0 Å². The summed E-state index contributed by atoms with van der Waals surface area (Å²) in [6.07, 6.45) is 3.18. The summed E-state index contributed by atoms with van der Waals surface area (Å²) in [4.78, 5) is 39.0. The van der Waals surface area contributed by atoms with Crippen LogP contribution in [0, 0.1) is 31.0 Å². The van der Waals surface area contributed by atoms with Crippen molar-refractivity contribution in [3.8, 4) is 6.07 Å². The van der Waals surface area contributed by atoms with Gasteiger partial charge >= 0.3 is 0 Å². The minimum absolute atomic E-state index is 0.115. The summed E-state index contributed by atoms with van der Waals surface area (Å²) in [5.41, 5.74) is 0.882. The third-order valence-corrected chi connectivity index (χ3v) is 6.02. The first-order valence-electron chi connectivity index (χ1n) is 10.3. The predicted molar refractivity (Wildman–Crippen MR) is 118 cm³/mol. The lowest BCUT2D eigenvalue weighted by Gasteiger charge is -2.41. The summed E-state index contributed by atoms with van der Waals surface area (Å²) in [5, 5.41) is 20.9. The molecule has 0 atom stereocenters. The minimum Gasteiger partial charge on any atom is -0.376 e. The number of hydrogen-bond acceptors (Lipinski definition) is 6. The summed E-state index contributed by atoms with van der Waals surface area (Å²) < 4.78 is 20.4. The van der Waals surface area contributed by atoms with E-state index in [0.29, 0.717) is 16.8 Å². The molecule has 1 aliphatic rings. The van der Waals surface area contributed by atoms with Crippen LogP contribution in [0.3, 0.4) is 0 Å². The summed E-state index contributed by atoms with van der Waals surface area (Å²) in [6, 6.07) is 5.34. The zero-order chi connectivity index (χ0) is 24.6. The normalized spacial score (nSPS) is 14.1. The number of H-pyrrole nitrogens is 1. The minimum atomic E-state index is -0.850. The highest BCUT2D eigenvalue weighted by Crippen LogP contribution is 2.30. The van der Waals surface area contributed by atoms with Crippen LogP contribution in [0.15, 0.2) is 30.6 Å². The van der Waals surface area contributed by atoms with Crippen molar-refractivity contribution in [3.63, 3.8) is 0 Å². The fourth-order valence-electron chi connectivity index (χ4n) is 4.03. The van der Waals surface area contributed by atoms with Crippen molar-refractivity contribution in [2.75, 3.05) is 18.5 Å². The first kappa shape index (κ1) is 22.9. The largest absolute Gasteiger partial charge is 0.376 e. The number of hydrogen-bond donors (Lipinski definition) is 3. The van der Waals surface area contributed by atoms with Crippen LogP contribution < -0.4 is 10.6 Å². The third-order valence-electron chi connectivity index (χ3n) is 6.02. The van der Waals surface area contributed by atoms with Gasteiger partial charge in [-0.1, -0.05) is 0 Å². The van der Waals surface area contributed by atoms with Gasteiger partial charge in [0.15, 0.2) is 0 Å². The van der Waals surface area contributed by atoms with Gasteiger partial charge in [0.25, 0.3) is 17.6 Å². The lowest BCUT2D eigenvalue weighted by Crippen LogP contribution is -2.60. The average Bonchev–Trinajstić information content (AvgIpc) is 3.39. The number of aromatic amines is 1. The first-order chi connectivity index (χ1) is 16.2. The Morgan fingerprint density at radius 3 is 2.62 bits per heavy atom. The summed E-state index contributed by atoms with van der Waals surface area (Å²) in [7, 11) is 1.60. The first-order valence-corrected chi connectivity index (χ1v) is 10.3. The zero-order valence-electron chi connectivity index (χ0n) is 18.7. The number of nitrogens with zero attached hydrogens (tertiary/aromatic N) is 3. The molecular formula is C23H21FN6O4. The molecule has 34 heavy (non-hydrogen) atoms. The fraction of sp³-hybridized carbons (Fsp3) is 0.261. The molecule has 3 heterocycles. The second-order valence-corrected chi connectivity index (χ2v) is 8.10. The van der Waals surface area contributed by atoms with E-state index in [-0.39, 0.29) is 35.7 Å². The van der Waals surface area contributed by atoms with E-state index in [1.807, 2.05) is 0 Å². The Labute approximate surface area is 193 Å². The number of rotatable bonds is 6. The molecule has 174 valence electrons. The van der Waals surface area contributed by atoms with Crippen LogP contribution in [-0.2, 0) is 22.1 Å². The van der Waals surface area contributed by atoms with Gasteiger partial charge in [-0.25, -0.2) is 4.39 Å². The maximum atomic E-state index is 13.6. The van der Waals surface area contributed by atoms with Crippen LogP contribution in [0.25, 0.3) is 0 Å². The molecule has 1 aliphatic heterocycles. The van der Waals surface area contributed by atoms with Gasteiger partial charge in [0, 0.05) is 30.2 Å². The summed E-state index contributed by atoms with van der Waals surface area (Å²) >= 11 is 0. The molecular weight excluding hydrogens is 443 g/mol. The van der Waals surface area contributed by atoms with E-state index >= 15 is 0 Å². The maximum absolute atomic E-state index is 13.6. The molecule has 0 radical (unpaired) electrons. The lowest BCUT2D eigenvalue weighted by atomic mass is 9.90. The van der Waals surface area contributed by atoms with Gasteiger partial charge in [-0.3, -0.25) is 19.5 Å².